The Balaban J connectivity index is 0.843. The monoisotopic (exact) mass is 1210 g/mol. The van der Waals surface area contributed by atoms with Crippen LogP contribution in [0.15, 0.2) is 122 Å². The first-order valence-electron chi connectivity index (χ1n) is 25.2. The van der Waals surface area contributed by atoms with Gasteiger partial charge in [0.25, 0.3) is 11.8 Å². The predicted molar refractivity (Wildman–Crippen MR) is 295 cm³/mol. The number of hydrogen-bond acceptors (Lipinski definition) is 22. The molecule has 5 aromatic rings. The first kappa shape index (κ1) is 61.6. The van der Waals surface area contributed by atoms with Crippen LogP contribution in [0.1, 0.15) is 89.2 Å². The molecule has 0 spiro atoms. The number of H-pyrrole nitrogens is 1. The molecule has 0 bridgehead atoms. The van der Waals surface area contributed by atoms with Crippen molar-refractivity contribution >= 4 is 55.9 Å². The maximum absolute atomic E-state index is 13.9. The number of carboxylic acids is 1. The van der Waals surface area contributed by atoms with E-state index < -0.39 is 74.8 Å². The molecule has 1 saturated heterocycles. The van der Waals surface area contributed by atoms with Crippen molar-refractivity contribution in [3.63, 3.8) is 0 Å². The molecule has 3 aliphatic rings. The van der Waals surface area contributed by atoms with E-state index in [4.69, 9.17) is 29.4 Å². The second kappa shape index (κ2) is 26.9. The number of phenols is 1. The number of ketones is 1. The number of carbonyl (C=O) groups is 4. The summed E-state index contributed by atoms with van der Waals surface area (Å²) in [6.07, 6.45) is -0.758. The summed E-state index contributed by atoms with van der Waals surface area (Å²) in [5.74, 6) is 2.77. The van der Waals surface area contributed by atoms with Gasteiger partial charge in [-0.2, -0.15) is 0 Å². The molecule has 0 unspecified atom stereocenters. The van der Waals surface area contributed by atoms with E-state index in [1.54, 1.807) is 48.5 Å². The molecule has 2 amide bonds. The van der Waals surface area contributed by atoms with Crippen molar-refractivity contribution in [2.24, 2.45) is 5.73 Å². The van der Waals surface area contributed by atoms with Crippen LogP contribution in [-0.4, -0.2) is 86.3 Å². The van der Waals surface area contributed by atoms with E-state index >= 15 is 0 Å². The molecule has 3 heterocycles. The van der Waals surface area contributed by atoms with Crippen LogP contribution < -0.4 is 33.0 Å². The number of nitrogens with two attached hydrogens (primary N) is 1. The third-order valence-corrected chi connectivity index (χ3v) is 23.1. The fourth-order valence-corrected chi connectivity index (χ4v) is 13.4. The molecule has 438 valence electrons. The summed E-state index contributed by atoms with van der Waals surface area (Å²) in [4.78, 5) is 92.8. The number of aromatic nitrogens is 2. The van der Waals surface area contributed by atoms with Crippen LogP contribution in [0.2, 0.25) is 0 Å². The van der Waals surface area contributed by atoms with Crippen molar-refractivity contribution in [3.8, 4) is 40.0 Å². The zero-order valence-corrected chi connectivity index (χ0v) is 46.4. The Morgan fingerprint density at radius 1 is 0.821 bits per heavy atom. The number of rotatable bonds is 25. The van der Waals surface area contributed by atoms with Crippen molar-refractivity contribution in [1.82, 2.24) is 20.2 Å². The fraction of sp³-hybridized carbons (Fsp3) is 0.241. The van der Waals surface area contributed by atoms with Crippen LogP contribution in [0.5, 0.6) is 5.75 Å². The Labute approximate surface area is 474 Å². The molecule has 4 aromatic carbocycles. The summed E-state index contributed by atoms with van der Waals surface area (Å²) >= 11 is 0. The second-order valence-electron chi connectivity index (χ2n) is 18.6. The number of ether oxygens (including phenoxy) is 2. The summed E-state index contributed by atoms with van der Waals surface area (Å²) in [5.41, 5.74) is 6.90. The van der Waals surface area contributed by atoms with Gasteiger partial charge >= 0.3 is 179 Å². The molecule has 2 atom stereocenters. The molecule has 27 nitrogen and oxygen atoms in total. The molecule has 1 aromatic heterocycles. The van der Waals surface area contributed by atoms with Gasteiger partial charge in [0.15, 0.2) is 11.2 Å². The molecule has 84 heavy (non-hydrogen) atoms. The van der Waals surface area contributed by atoms with Crippen LogP contribution >= 0.6 is 21.4 Å². The van der Waals surface area contributed by atoms with Gasteiger partial charge in [0, 0.05) is 58.8 Å². The minimum Gasteiger partial charge on any atom is -0.478 e. The van der Waals surface area contributed by atoms with E-state index in [2.05, 4.69) is 41.8 Å². The summed E-state index contributed by atoms with van der Waals surface area (Å²) in [6.45, 7) is -7.33. The van der Waals surface area contributed by atoms with Crippen molar-refractivity contribution in [1.29, 1.82) is 0 Å². The van der Waals surface area contributed by atoms with Crippen molar-refractivity contribution in [3.05, 3.63) is 179 Å². The van der Waals surface area contributed by atoms with E-state index in [9.17, 15) is 67.3 Å². The number of fused-ring (bicyclic) bond motifs is 2. The number of benzene rings is 5. The number of nitrogens with zero attached hydrogens (tertiary/aromatic N) is 1. The number of aromatic hydroxyl groups is 1. The average Bonchev–Trinajstić information content (AvgIpc) is 1.29. The topological polar surface area (TPSA) is 408 Å². The largest absolute Gasteiger partial charge is 0.478 e. The van der Waals surface area contributed by atoms with Crippen LogP contribution in [0.4, 0.5) is 0 Å². The number of aryl methyl sites for hydroxylation is 1. The molecule has 9 N–H and O–H groups in total. The summed E-state index contributed by atoms with van der Waals surface area (Å²) < 4.78 is 78.4. The number of Topliss-reactive ketones (excluding diaryl/α,β-unsaturated/α-hetero) is 1. The Hall–Kier alpha value is -8.44. The number of amides is 2. The zero-order valence-electron chi connectivity index (χ0n) is 43.8. The van der Waals surface area contributed by atoms with Crippen molar-refractivity contribution < 1.29 is 91.0 Å². The molecular weight excluding hydrogens is 1160 g/mol. The smallest absolute Gasteiger partial charge is 0.336 e. The molecule has 0 radical (unpaired) electrons. The number of aromatic amines is 1. The average molecular weight is 1210 g/mol. The summed E-state index contributed by atoms with van der Waals surface area (Å²) in [6, 6.07) is 24.3. The molecular formula is C54H50N5O22P3. The quantitative estimate of drug-likeness (QED) is 0.00538. The third-order valence-electron chi connectivity index (χ3n) is 13.4. The molecule has 1 fully saturated rings. The zero-order chi connectivity index (χ0) is 60.3. The SMILES string of the molecule is NCc1ccc(C(=O)NCc2c(O)ccc3c(-c4cc(C(=O)CCc5ccc(C(=O)NCCOCC#CCc6cn([C@H]7CC[C@@H](COP(OO)(OOO)(P(=O)=O)P(=O)=O)O7)c(=O)[nH]c6=O)cc5)ccc4C(=O)O)c4ccc(=O)cc-4oc23)cc1. The van der Waals surface area contributed by atoms with E-state index in [1.807, 2.05) is 0 Å². The van der Waals surface area contributed by atoms with Gasteiger partial charge in [-0.25, -0.2) is 4.79 Å². The van der Waals surface area contributed by atoms with Gasteiger partial charge in [-0.05, 0) is 83.8 Å². The van der Waals surface area contributed by atoms with Gasteiger partial charge in [0.05, 0.1) is 24.3 Å². The number of carboxylic acid groups (broad SMARTS) is 1. The van der Waals surface area contributed by atoms with Gasteiger partial charge in [-0.15, -0.1) is 0 Å². The number of aromatic carboxylic acids is 1. The maximum atomic E-state index is 13.9. The Morgan fingerprint density at radius 2 is 1.51 bits per heavy atom. The third kappa shape index (κ3) is 13.3. The van der Waals surface area contributed by atoms with E-state index in [1.165, 1.54) is 54.7 Å². The molecule has 1 aliphatic carbocycles. The van der Waals surface area contributed by atoms with Crippen LogP contribution in [-0.2, 0) is 72.6 Å². The van der Waals surface area contributed by atoms with Gasteiger partial charge < -0.3 is 35.7 Å². The molecule has 0 saturated carbocycles. The summed E-state index contributed by atoms with van der Waals surface area (Å²) in [7, 11) is -8.81. The van der Waals surface area contributed by atoms with E-state index in [0.717, 1.165) is 15.7 Å². The minimum absolute atomic E-state index is 0.00588. The fourth-order valence-electron chi connectivity index (χ4n) is 8.99. The first-order valence-corrected chi connectivity index (χ1v) is 31.0. The van der Waals surface area contributed by atoms with E-state index in [-0.39, 0.29) is 116 Å². The first-order chi connectivity index (χ1) is 40.3. The maximum Gasteiger partial charge on any atom is 0.336 e. The standard InChI is InChI=1S/C54H50N5O22P3/c55-27-32-6-11-34(12-7-32)51(64)57-28-43-45(62)20-18-41-48(40-17-14-37(60)26-46(40)78-49(41)43)42-25-35(13-16-39(42)53(66)67)44(61)19-8-31-4-9-33(10-5-31)50(63)56-22-24-75-23-2-1-3-36-29-59(54(68)58-52(36)65)47-21-15-38(77-47)30-76-84(80-70,81-79-69,82(71)72)83(73)74/h4-7,9-14,16-18,20,25-26,29,38,47,62,69-70H,3,8,15,19,21-24,27-28,30,55H2,(H,56,63)(H,57,64)(H,66,67)(H,58,65,68)/t38-,47+/m0/s1. The van der Waals surface area contributed by atoms with Gasteiger partial charge in [0.1, 0.15) is 17.1 Å². The predicted octanol–water partition coefficient (Wildman–Crippen LogP) is 7.09. The van der Waals surface area contributed by atoms with Gasteiger partial charge in [-0.3, -0.25) is 19.2 Å². The molecule has 8 rings (SSSR count). The van der Waals surface area contributed by atoms with Crippen molar-refractivity contribution in [2.75, 3.05) is 26.4 Å². The van der Waals surface area contributed by atoms with E-state index in [0.29, 0.717) is 27.6 Å². The Kier molecular flexibility index (Phi) is 19.7. The number of phenolic OH excluding ortho intramolecular Hbond substituents is 1. The Morgan fingerprint density at radius 3 is 2.18 bits per heavy atom. The Bertz CT molecular complexity index is 4020. The number of nitrogens with one attached hydrogen (secondary N) is 3. The minimum atomic E-state index is -6.54. The van der Waals surface area contributed by atoms with Crippen molar-refractivity contribution in [2.45, 2.75) is 57.5 Å². The van der Waals surface area contributed by atoms with Crippen LogP contribution in [0, 0.1) is 11.8 Å². The molecule has 30 heteroatoms. The molecule has 2 aliphatic heterocycles. The van der Waals surface area contributed by atoms with Gasteiger partial charge in [0.2, 0.25) is 0 Å². The summed E-state index contributed by atoms with van der Waals surface area (Å²) in [5, 5.41) is 48.4. The van der Waals surface area contributed by atoms with Crippen LogP contribution in [0.3, 0.4) is 0 Å². The normalized spacial score (nSPS) is 14.5. The van der Waals surface area contributed by atoms with Gasteiger partial charge in [-0.1, -0.05) is 30.3 Å². The van der Waals surface area contributed by atoms with Crippen LogP contribution in [0.25, 0.3) is 33.4 Å². The number of hydrogen-bond donors (Lipinski definition) is 8. The second-order valence-corrected chi connectivity index (χ2v) is 28.8. The number of carbonyl (C=O) groups excluding carboxylic acids is 3.